The van der Waals surface area contributed by atoms with Gasteiger partial charge in [0.2, 0.25) is 0 Å². The van der Waals surface area contributed by atoms with Crippen LogP contribution in [0.2, 0.25) is 0 Å². The van der Waals surface area contributed by atoms with Gasteiger partial charge in [0.15, 0.2) is 0 Å². The van der Waals surface area contributed by atoms with Gasteiger partial charge in [-0.2, -0.15) is 11.8 Å². The molecule has 6 heteroatoms. The number of aliphatic carboxylic acids is 1. The number of nitrogens with one attached hydrogen (secondary N) is 1. The number of carbonyl (C=O) groups excluding carboxylic acids is 1. The molecule has 3 atom stereocenters. The zero-order chi connectivity index (χ0) is 13.8. The Kier molecular flexibility index (Phi) is 4.96. The van der Waals surface area contributed by atoms with Crippen molar-refractivity contribution in [1.82, 2.24) is 10.2 Å². The molecule has 3 unspecified atom stereocenters. The quantitative estimate of drug-likeness (QED) is 0.812. The molecule has 0 aromatic heterocycles. The summed E-state index contributed by atoms with van der Waals surface area (Å²) in [5.74, 6) is 0.889. The molecule has 2 aliphatic rings. The molecule has 2 N–H and O–H groups in total. The molecule has 0 radical (unpaired) electrons. The van der Waals surface area contributed by atoms with Gasteiger partial charge < -0.3 is 15.3 Å². The van der Waals surface area contributed by atoms with E-state index in [1.165, 1.54) is 11.3 Å². The monoisotopic (exact) mass is 286 g/mol. The van der Waals surface area contributed by atoms with Crippen molar-refractivity contribution in [2.24, 2.45) is 5.92 Å². The van der Waals surface area contributed by atoms with Crippen LogP contribution >= 0.6 is 11.8 Å². The molecule has 1 saturated carbocycles. The first-order chi connectivity index (χ1) is 9.09. The van der Waals surface area contributed by atoms with Crippen molar-refractivity contribution in [3.05, 3.63) is 0 Å². The van der Waals surface area contributed by atoms with Crippen LogP contribution in [0.4, 0.5) is 4.79 Å². The summed E-state index contributed by atoms with van der Waals surface area (Å²) in [6.45, 7) is 2.68. The Morgan fingerprint density at radius 3 is 2.74 bits per heavy atom. The van der Waals surface area contributed by atoms with Gasteiger partial charge in [-0.05, 0) is 18.8 Å². The van der Waals surface area contributed by atoms with Crippen LogP contribution in [-0.2, 0) is 4.79 Å². The van der Waals surface area contributed by atoms with E-state index < -0.39 is 12.0 Å². The molecule has 2 rings (SSSR count). The van der Waals surface area contributed by atoms with E-state index in [0.29, 0.717) is 18.2 Å². The van der Waals surface area contributed by atoms with Gasteiger partial charge in [-0.15, -0.1) is 0 Å². The summed E-state index contributed by atoms with van der Waals surface area (Å²) >= 11 is 1.60. The molecule has 1 heterocycles. The second-order valence-corrected chi connectivity index (χ2v) is 6.59. The van der Waals surface area contributed by atoms with Crippen molar-refractivity contribution in [3.63, 3.8) is 0 Å². The van der Waals surface area contributed by atoms with Crippen LogP contribution in [0.15, 0.2) is 0 Å². The topological polar surface area (TPSA) is 69.6 Å². The molecule has 0 bridgehead atoms. The maximum atomic E-state index is 12.3. The third kappa shape index (κ3) is 3.55. The summed E-state index contributed by atoms with van der Waals surface area (Å²) in [6.07, 6.45) is 4.52. The number of carboxylic acid groups (broad SMARTS) is 1. The number of amides is 2. The number of hydrogen-bond acceptors (Lipinski definition) is 3. The van der Waals surface area contributed by atoms with E-state index in [9.17, 15) is 14.7 Å². The molecule has 19 heavy (non-hydrogen) atoms. The molecular weight excluding hydrogens is 264 g/mol. The molecule has 5 nitrogen and oxygen atoms in total. The number of thioether (sulfide) groups is 1. The molecule has 2 fully saturated rings. The number of carboxylic acids is 1. The number of nitrogens with zero attached hydrogens (tertiary/aromatic N) is 1. The van der Waals surface area contributed by atoms with Gasteiger partial charge in [-0.1, -0.05) is 19.8 Å². The summed E-state index contributed by atoms with van der Waals surface area (Å²) in [6, 6.07) is -0.686. The Morgan fingerprint density at radius 2 is 2.05 bits per heavy atom. The summed E-state index contributed by atoms with van der Waals surface area (Å²) in [5, 5.41) is 12.2. The zero-order valence-corrected chi connectivity index (χ0v) is 12.1. The van der Waals surface area contributed by atoms with E-state index in [-0.39, 0.29) is 12.1 Å². The minimum Gasteiger partial charge on any atom is -0.480 e. The molecular formula is C13H22N2O3S. The average molecular weight is 286 g/mol. The Balaban J connectivity index is 1.95. The van der Waals surface area contributed by atoms with Crippen molar-refractivity contribution in [2.45, 2.75) is 44.7 Å². The predicted octanol–water partition coefficient (Wildman–Crippen LogP) is 1.78. The summed E-state index contributed by atoms with van der Waals surface area (Å²) < 4.78 is 0. The fraction of sp³-hybridized carbons (Fsp3) is 0.846. The number of carbonyl (C=O) groups is 2. The lowest BCUT2D eigenvalue weighted by molar-refractivity contribution is -0.141. The van der Waals surface area contributed by atoms with Gasteiger partial charge in [0.05, 0.1) is 0 Å². The second-order valence-electron chi connectivity index (χ2n) is 5.44. The Hall–Kier alpha value is -0.910. The highest BCUT2D eigenvalue weighted by atomic mass is 32.2. The average Bonchev–Trinajstić information content (AvgIpc) is 2.41. The highest BCUT2D eigenvalue weighted by Gasteiger charge is 2.34. The lowest BCUT2D eigenvalue weighted by atomic mass is 9.86. The van der Waals surface area contributed by atoms with Gasteiger partial charge >= 0.3 is 12.0 Å². The van der Waals surface area contributed by atoms with Crippen LogP contribution in [-0.4, -0.2) is 52.1 Å². The smallest absolute Gasteiger partial charge is 0.327 e. The fourth-order valence-electron chi connectivity index (χ4n) is 2.82. The summed E-state index contributed by atoms with van der Waals surface area (Å²) in [4.78, 5) is 24.9. The second kappa shape index (κ2) is 6.50. The van der Waals surface area contributed by atoms with Crippen molar-refractivity contribution < 1.29 is 14.7 Å². The third-order valence-corrected chi connectivity index (χ3v) is 5.12. The van der Waals surface area contributed by atoms with E-state index in [0.717, 1.165) is 25.0 Å². The van der Waals surface area contributed by atoms with Crippen LogP contribution in [0.5, 0.6) is 0 Å². The van der Waals surface area contributed by atoms with E-state index >= 15 is 0 Å². The number of urea groups is 1. The maximum Gasteiger partial charge on any atom is 0.327 e. The molecule has 1 saturated heterocycles. The normalized spacial score (nSPS) is 31.8. The summed E-state index contributed by atoms with van der Waals surface area (Å²) in [5.41, 5.74) is 0. The molecule has 1 aliphatic carbocycles. The standard InChI is InChI=1S/C13H22N2O3S/c1-9-4-2-3-5-10(9)14-13(18)15-6-7-19-8-11(15)12(16)17/h9-11H,2-8H2,1H3,(H,14,18)(H,16,17). The Labute approximate surface area is 118 Å². The van der Waals surface area contributed by atoms with Gasteiger partial charge in [0, 0.05) is 24.1 Å². The molecule has 0 aromatic carbocycles. The molecule has 1 aliphatic heterocycles. The largest absolute Gasteiger partial charge is 0.480 e. The lowest BCUT2D eigenvalue weighted by Crippen LogP contribution is -2.56. The van der Waals surface area contributed by atoms with Crippen molar-refractivity contribution in [3.8, 4) is 0 Å². The third-order valence-electron chi connectivity index (χ3n) is 4.09. The van der Waals surface area contributed by atoms with E-state index in [1.54, 1.807) is 11.8 Å². The van der Waals surface area contributed by atoms with E-state index in [4.69, 9.17) is 0 Å². The molecule has 0 spiro atoms. The highest BCUT2D eigenvalue weighted by Crippen LogP contribution is 2.24. The zero-order valence-electron chi connectivity index (χ0n) is 11.3. The van der Waals surface area contributed by atoms with Crippen LogP contribution in [0, 0.1) is 5.92 Å². The minimum atomic E-state index is -0.904. The van der Waals surface area contributed by atoms with Crippen molar-refractivity contribution >= 4 is 23.8 Å². The highest BCUT2D eigenvalue weighted by molar-refractivity contribution is 7.99. The van der Waals surface area contributed by atoms with Gasteiger partial charge in [0.1, 0.15) is 6.04 Å². The summed E-state index contributed by atoms with van der Waals surface area (Å²) in [7, 11) is 0. The lowest BCUT2D eigenvalue weighted by Gasteiger charge is -2.36. The molecule has 0 aromatic rings. The van der Waals surface area contributed by atoms with Gasteiger partial charge in [-0.3, -0.25) is 0 Å². The van der Waals surface area contributed by atoms with Crippen molar-refractivity contribution in [2.75, 3.05) is 18.1 Å². The Morgan fingerprint density at radius 1 is 1.32 bits per heavy atom. The SMILES string of the molecule is CC1CCCCC1NC(=O)N1CCSCC1C(=O)O. The fourth-order valence-corrected chi connectivity index (χ4v) is 3.86. The van der Waals surface area contributed by atoms with Crippen LogP contribution in [0.25, 0.3) is 0 Å². The van der Waals surface area contributed by atoms with Crippen LogP contribution in [0.3, 0.4) is 0 Å². The predicted molar refractivity (Wildman–Crippen MR) is 75.4 cm³/mol. The van der Waals surface area contributed by atoms with E-state index in [2.05, 4.69) is 12.2 Å². The number of hydrogen-bond donors (Lipinski definition) is 2. The first kappa shape index (κ1) is 14.5. The minimum absolute atomic E-state index is 0.199. The molecule has 2 amide bonds. The van der Waals surface area contributed by atoms with Gasteiger partial charge in [-0.25, -0.2) is 9.59 Å². The van der Waals surface area contributed by atoms with Crippen LogP contribution < -0.4 is 5.32 Å². The first-order valence-electron chi connectivity index (χ1n) is 6.97. The first-order valence-corrected chi connectivity index (χ1v) is 8.12. The van der Waals surface area contributed by atoms with E-state index in [1.807, 2.05) is 0 Å². The molecule has 108 valence electrons. The van der Waals surface area contributed by atoms with Crippen LogP contribution in [0.1, 0.15) is 32.6 Å². The number of rotatable bonds is 2. The van der Waals surface area contributed by atoms with Gasteiger partial charge in [0.25, 0.3) is 0 Å². The Bertz CT molecular complexity index is 351. The maximum absolute atomic E-state index is 12.3. The van der Waals surface area contributed by atoms with Crippen molar-refractivity contribution in [1.29, 1.82) is 0 Å².